The van der Waals surface area contributed by atoms with Crippen molar-refractivity contribution < 1.29 is 19.4 Å². The maximum absolute atomic E-state index is 12.1. The molecule has 0 aliphatic rings. The first-order chi connectivity index (χ1) is 8.86. The Morgan fingerprint density at radius 2 is 2.11 bits per heavy atom. The number of halogens is 1. The standard InChI is InChI=1S/C13H16ClNO4/c1-8(13(18)19-3)7-15(2)12(17)10-5-4-9(14)6-11(10)16/h4-6,8,16H,7H2,1-3H3. The Morgan fingerprint density at radius 1 is 1.47 bits per heavy atom. The second-order valence-electron chi connectivity index (χ2n) is 4.27. The number of methoxy groups -OCH3 is 1. The average molecular weight is 286 g/mol. The van der Waals surface area contributed by atoms with E-state index in [1.807, 2.05) is 0 Å². The number of aromatic hydroxyl groups is 1. The van der Waals surface area contributed by atoms with Crippen LogP contribution in [0.25, 0.3) is 0 Å². The molecule has 0 bridgehead atoms. The number of nitrogens with zero attached hydrogens (tertiary/aromatic N) is 1. The summed E-state index contributed by atoms with van der Waals surface area (Å²) in [6.45, 7) is 1.87. The highest BCUT2D eigenvalue weighted by Gasteiger charge is 2.21. The van der Waals surface area contributed by atoms with Crippen molar-refractivity contribution in [2.24, 2.45) is 5.92 Å². The molecule has 0 saturated carbocycles. The molecule has 104 valence electrons. The van der Waals surface area contributed by atoms with Crippen LogP contribution in [0, 0.1) is 5.92 Å². The van der Waals surface area contributed by atoms with Gasteiger partial charge < -0.3 is 14.7 Å². The Kier molecular flexibility index (Phi) is 5.18. The Bertz CT molecular complexity index is 490. The fourth-order valence-electron chi connectivity index (χ4n) is 1.66. The SMILES string of the molecule is COC(=O)C(C)CN(C)C(=O)c1ccc(Cl)cc1O. The highest BCUT2D eigenvalue weighted by molar-refractivity contribution is 6.30. The van der Waals surface area contributed by atoms with E-state index in [1.54, 1.807) is 14.0 Å². The molecule has 1 unspecified atom stereocenters. The van der Waals surface area contributed by atoms with E-state index in [4.69, 9.17) is 11.6 Å². The summed E-state index contributed by atoms with van der Waals surface area (Å²) >= 11 is 5.70. The molecule has 0 radical (unpaired) electrons. The summed E-state index contributed by atoms with van der Waals surface area (Å²) in [6, 6.07) is 4.26. The number of esters is 1. The molecule has 1 amide bonds. The van der Waals surface area contributed by atoms with Crippen molar-refractivity contribution in [3.05, 3.63) is 28.8 Å². The molecular weight excluding hydrogens is 270 g/mol. The van der Waals surface area contributed by atoms with Crippen LogP contribution in [0.15, 0.2) is 18.2 Å². The van der Waals surface area contributed by atoms with Crippen LogP contribution in [0.4, 0.5) is 0 Å². The molecule has 0 fully saturated rings. The summed E-state index contributed by atoms with van der Waals surface area (Å²) < 4.78 is 4.59. The molecule has 0 heterocycles. The number of phenolic OH excluding ortho intramolecular Hbond substituents is 1. The Morgan fingerprint density at radius 3 is 2.63 bits per heavy atom. The van der Waals surface area contributed by atoms with Gasteiger partial charge >= 0.3 is 5.97 Å². The molecule has 0 aliphatic heterocycles. The topological polar surface area (TPSA) is 66.8 Å². The van der Waals surface area contributed by atoms with Crippen molar-refractivity contribution in [2.45, 2.75) is 6.92 Å². The van der Waals surface area contributed by atoms with E-state index in [0.29, 0.717) is 5.02 Å². The maximum Gasteiger partial charge on any atom is 0.310 e. The van der Waals surface area contributed by atoms with E-state index in [0.717, 1.165) is 0 Å². The number of phenols is 1. The Labute approximate surface area is 116 Å². The van der Waals surface area contributed by atoms with E-state index in [9.17, 15) is 14.7 Å². The third-order valence-electron chi connectivity index (χ3n) is 2.69. The van der Waals surface area contributed by atoms with Gasteiger partial charge in [-0.25, -0.2) is 0 Å². The monoisotopic (exact) mass is 285 g/mol. The highest BCUT2D eigenvalue weighted by Crippen LogP contribution is 2.23. The van der Waals surface area contributed by atoms with Crippen molar-refractivity contribution >= 4 is 23.5 Å². The molecule has 1 rings (SSSR count). The van der Waals surface area contributed by atoms with Crippen LogP contribution < -0.4 is 0 Å². The third-order valence-corrected chi connectivity index (χ3v) is 2.92. The minimum Gasteiger partial charge on any atom is -0.507 e. The van der Waals surface area contributed by atoms with Crippen molar-refractivity contribution in [1.29, 1.82) is 0 Å². The molecule has 19 heavy (non-hydrogen) atoms. The van der Waals surface area contributed by atoms with E-state index >= 15 is 0 Å². The van der Waals surface area contributed by atoms with Crippen molar-refractivity contribution in [3.8, 4) is 5.75 Å². The number of amides is 1. The summed E-state index contributed by atoms with van der Waals surface area (Å²) in [4.78, 5) is 24.7. The number of rotatable bonds is 4. The van der Waals surface area contributed by atoms with Gasteiger partial charge in [-0.1, -0.05) is 18.5 Å². The number of carbonyl (C=O) groups excluding carboxylic acids is 2. The van der Waals surface area contributed by atoms with E-state index in [1.165, 1.54) is 30.2 Å². The van der Waals surface area contributed by atoms with Crippen molar-refractivity contribution in [1.82, 2.24) is 4.90 Å². The molecule has 6 heteroatoms. The van der Waals surface area contributed by atoms with Crippen LogP contribution in [-0.2, 0) is 9.53 Å². The van der Waals surface area contributed by atoms with Gasteiger partial charge in [0.1, 0.15) is 5.75 Å². The molecular formula is C13H16ClNO4. The molecule has 1 N–H and O–H groups in total. The van der Waals surface area contributed by atoms with E-state index in [-0.39, 0.29) is 29.7 Å². The van der Waals surface area contributed by atoms with Gasteiger partial charge in [0.2, 0.25) is 0 Å². The predicted molar refractivity (Wildman–Crippen MR) is 71.3 cm³/mol. The second-order valence-corrected chi connectivity index (χ2v) is 4.71. The molecule has 1 aromatic carbocycles. The van der Waals surface area contributed by atoms with Crippen LogP contribution in [0.3, 0.4) is 0 Å². The van der Waals surface area contributed by atoms with Gasteiger partial charge in [0.25, 0.3) is 5.91 Å². The minimum atomic E-state index is -0.437. The first-order valence-corrected chi connectivity index (χ1v) is 6.06. The van der Waals surface area contributed by atoms with Crippen LogP contribution in [0.1, 0.15) is 17.3 Å². The summed E-state index contributed by atoms with van der Waals surface area (Å²) in [5, 5.41) is 10.0. The quantitative estimate of drug-likeness (QED) is 0.859. The number of hydrogen-bond donors (Lipinski definition) is 1. The van der Waals surface area contributed by atoms with E-state index in [2.05, 4.69) is 4.74 Å². The number of hydrogen-bond acceptors (Lipinski definition) is 4. The van der Waals surface area contributed by atoms with Crippen molar-refractivity contribution in [2.75, 3.05) is 20.7 Å². The number of carbonyl (C=O) groups is 2. The van der Waals surface area contributed by atoms with Gasteiger partial charge in [-0.2, -0.15) is 0 Å². The first-order valence-electron chi connectivity index (χ1n) is 5.68. The zero-order chi connectivity index (χ0) is 14.6. The molecule has 0 aromatic heterocycles. The smallest absolute Gasteiger partial charge is 0.310 e. The molecule has 0 aliphatic carbocycles. The molecule has 5 nitrogen and oxygen atoms in total. The lowest BCUT2D eigenvalue weighted by molar-refractivity contribution is -0.145. The molecule has 0 saturated heterocycles. The van der Waals surface area contributed by atoms with Crippen LogP contribution in [-0.4, -0.2) is 42.6 Å². The Balaban J connectivity index is 2.79. The minimum absolute atomic E-state index is 0.143. The fourth-order valence-corrected chi connectivity index (χ4v) is 1.83. The number of ether oxygens (including phenoxy) is 1. The Hall–Kier alpha value is -1.75. The van der Waals surface area contributed by atoms with Crippen LogP contribution >= 0.6 is 11.6 Å². The maximum atomic E-state index is 12.1. The molecule has 1 atom stereocenters. The normalized spacial score (nSPS) is 11.8. The lowest BCUT2D eigenvalue weighted by Gasteiger charge is -2.20. The number of benzene rings is 1. The first kappa shape index (κ1) is 15.3. The van der Waals surface area contributed by atoms with Gasteiger partial charge in [0, 0.05) is 18.6 Å². The lowest BCUT2D eigenvalue weighted by Crippen LogP contribution is -2.34. The largest absolute Gasteiger partial charge is 0.507 e. The average Bonchev–Trinajstić information content (AvgIpc) is 2.36. The van der Waals surface area contributed by atoms with Gasteiger partial charge in [-0.15, -0.1) is 0 Å². The highest BCUT2D eigenvalue weighted by atomic mass is 35.5. The van der Waals surface area contributed by atoms with Crippen LogP contribution in [0.5, 0.6) is 5.75 Å². The van der Waals surface area contributed by atoms with Crippen LogP contribution in [0.2, 0.25) is 5.02 Å². The van der Waals surface area contributed by atoms with E-state index < -0.39 is 5.92 Å². The summed E-state index contributed by atoms with van der Waals surface area (Å²) in [6.07, 6.45) is 0. The second kappa shape index (κ2) is 6.43. The summed E-state index contributed by atoms with van der Waals surface area (Å²) in [7, 11) is 2.85. The van der Waals surface area contributed by atoms with Crippen molar-refractivity contribution in [3.63, 3.8) is 0 Å². The van der Waals surface area contributed by atoms with Gasteiger partial charge in [0.15, 0.2) is 0 Å². The van der Waals surface area contributed by atoms with Gasteiger partial charge in [-0.3, -0.25) is 9.59 Å². The van der Waals surface area contributed by atoms with Gasteiger partial charge in [-0.05, 0) is 18.2 Å². The summed E-state index contributed by atoms with van der Waals surface area (Å²) in [5.74, 6) is -1.40. The fraction of sp³-hybridized carbons (Fsp3) is 0.385. The lowest BCUT2D eigenvalue weighted by atomic mass is 10.1. The summed E-state index contributed by atoms with van der Waals surface area (Å²) in [5.41, 5.74) is 0.143. The zero-order valence-corrected chi connectivity index (χ0v) is 11.8. The predicted octanol–water partition coefficient (Wildman–Crippen LogP) is 1.93. The third kappa shape index (κ3) is 3.86. The zero-order valence-electron chi connectivity index (χ0n) is 11.0. The molecule has 1 aromatic rings. The van der Waals surface area contributed by atoms with Gasteiger partial charge in [0.05, 0.1) is 18.6 Å². The molecule has 0 spiro atoms.